The summed E-state index contributed by atoms with van der Waals surface area (Å²) in [6, 6.07) is 16.8. The Labute approximate surface area is 179 Å². The second-order valence-corrected chi connectivity index (χ2v) is 7.37. The highest BCUT2D eigenvalue weighted by Crippen LogP contribution is 2.47. The number of nitrogens with zero attached hydrogens (tertiary/aromatic N) is 3. The van der Waals surface area contributed by atoms with Crippen molar-refractivity contribution in [2.45, 2.75) is 11.8 Å². The fourth-order valence-corrected chi connectivity index (χ4v) is 3.97. The third-order valence-electron chi connectivity index (χ3n) is 5.52. The second-order valence-electron chi connectivity index (χ2n) is 7.37. The Hall–Kier alpha value is -3.78. The van der Waals surface area contributed by atoms with Crippen molar-refractivity contribution in [2.24, 2.45) is 0 Å². The van der Waals surface area contributed by atoms with Gasteiger partial charge in [0.1, 0.15) is 5.82 Å². The van der Waals surface area contributed by atoms with Crippen LogP contribution >= 0.6 is 0 Å². The van der Waals surface area contributed by atoms with E-state index in [0.717, 1.165) is 12.1 Å². The summed E-state index contributed by atoms with van der Waals surface area (Å²) in [6.45, 7) is 0. The molecule has 3 aromatic carbocycles. The van der Waals surface area contributed by atoms with Gasteiger partial charge in [0.05, 0.1) is 11.7 Å². The molecule has 0 amide bonds. The van der Waals surface area contributed by atoms with Gasteiger partial charge in [0.25, 0.3) is 0 Å². The molecule has 0 radical (unpaired) electrons. The lowest BCUT2D eigenvalue weighted by Gasteiger charge is -2.32. The van der Waals surface area contributed by atoms with Crippen LogP contribution in [0.25, 0.3) is 27.5 Å². The van der Waals surface area contributed by atoms with Crippen LogP contribution in [0.15, 0.2) is 85.2 Å². The first kappa shape index (κ1) is 20.1. The number of alkyl halides is 3. The Kier molecular flexibility index (Phi) is 4.49. The van der Waals surface area contributed by atoms with E-state index in [1.807, 2.05) is 0 Å². The molecule has 2 heterocycles. The molecule has 0 spiro atoms. The molecule has 0 aliphatic rings. The van der Waals surface area contributed by atoms with Crippen LogP contribution in [0.5, 0.6) is 0 Å². The molecular weight excluding hydrogens is 422 g/mol. The fraction of sp³-hybridized carbons (Fsp3) is 0.0833. The molecule has 0 bridgehead atoms. The molecule has 8 heteroatoms. The van der Waals surface area contributed by atoms with Crippen LogP contribution in [0.3, 0.4) is 0 Å². The molecule has 1 unspecified atom stereocenters. The second kappa shape index (κ2) is 7.13. The average Bonchev–Trinajstić information content (AvgIpc) is 3.22. The molecule has 2 aromatic heterocycles. The number of rotatable bonds is 3. The van der Waals surface area contributed by atoms with Gasteiger partial charge < -0.3 is 5.11 Å². The number of hydrogen-bond acceptors (Lipinski definition) is 3. The molecule has 5 aromatic rings. The van der Waals surface area contributed by atoms with E-state index in [1.165, 1.54) is 53.3 Å². The van der Waals surface area contributed by atoms with E-state index in [2.05, 4.69) is 10.1 Å². The molecule has 0 aliphatic carbocycles. The van der Waals surface area contributed by atoms with Crippen LogP contribution in [0.4, 0.5) is 17.6 Å². The normalized spacial score (nSPS) is 14.0. The van der Waals surface area contributed by atoms with Crippen molar-refractivity contribution in [3.8, 4) is 5.82 Å². The molecule has 32 heavy (non-hydrogen) atoms. The van der Waals surface area contributed by atoms with Gasteiger partial charge in [-0.1, -0.05) is 42.5 Å². The summed E-state index contributed by atoms with van der Waals surface area (Å²) in [4.78, 5) is 4.21. The topological polar surface area (TPSA) is 50.9 Å². The van der Waals surface area contributed by atoms with Crippen LogP contribution in [0.1, 0.15) is 11.1 Å². The third-order valence-corrected chi connectivity index (χ3v) is 5.52. The van der Waals surface area contributed by atoms with Gasteiger partial charge in [-0.25, -0.2) is 14.1 Å². The Bertz CT molecular complexity index is 1450. The van der Waals surface area contributed by atoms with Gasteiger partial charge in [0, 0.05) is 22.5 Å². The van der Waals surface area contributed by atoms with Crippen molar-refractivity contribution in [1.82, 2.24) is 14.8 Å². The maximum atomic E-state index is 14.4. The third kappa shape index (κ3) is 2.95. The number of pyridine rings is 1. The molecule has 0 aliphatic heterocycles. The van der Waals surface area contributed by atoms with Crippen molar-refractivity contribution in [2.75, 3.05) is 0 Å². The number of benzene rings is 3. The molecule has 1 atom stereocenters. The van der Waals surface area contributed by atoms with E-state index >= 15 is 0 Å². The molecule has 4 nitrogen and oxygen atoms in total. The van der Waals surface area contributed by atoms with Gasteiger partial charge in [-0.3, -0.25) is 0 Å². The van der Waals surface area contributed by atoms with E-state index in [9.17, 15) is 22.7 Å². The van der Waals surface area contributed by atoms with Crippen molar-refractivity contribution < 1.29 is 22.7 Å². The minimum Gasteiger partial charge on any atom is -0.372 e. The van der Waals surface area contributed by atoms with Crippen molar-refractivity contribution in [1.29, 1.82) is 0 Å². The van der Waals surface area contributed by atoms with Crippen LogP contribution < -0.4 is 0 Å². The summed E-state index contributed by atoms with van der Waals surface area (Å²) < 4.78 is 58.9. The standard InChI is InChI=1S/C24H15F4N3O/c25-20-10-9-19(17-5-1-2-6-18(17)20)23(32,24(26,27)28)16-8-11-21-15(13-16)14-30-31(21)22-7-3-4-12-29-22/h1-14,32H. The number of fused-ring (bicyclic) bond motifs is 2. The van der Waals surface area contributed by atoms with Gasteiger partial charge in [0.2, 0.25) is 5.60 Å². The average molecular weight is 437 g/mol. The molecule has 0 saturated carbocycles. The summed E-state index contributed by atoms with van der Waals surface area (Å²) in [5.74, 6) is -0.160. The lowest BCUT2D eigenvalue weighted by atomic mass is 9.82. The molecule has 0 fully saturated rings. The summed E-state index contributed by atoms with van der Waals surface area (Å²) in [5.41, 5.74) is -3.67. The molecule has 0 saturated heterocycles. The van der Waals surface area contributed by atoms with Gasteiger partial charge >= 0.3 is 6.18 Å². The smallest absolute Gasteiger partial charge is 0.372 e. The Morgan fingerprint density at radius 2 is 1.59 bits per heavy atom. The maximum absolute atomic E-state index is 14.4. The van der Waals surface area contributed by atoms with Gasteiger partial charge in [-0.15, -0.1) is 0 Å². The predicted molar refractivity (Wildman–Crippen MR) is 112 cm³/mol. The van der Waals surface area contributed by atoms with Crippen LogP contribution in [0.2, 0.25) is 0 Å². The molecular formula is C24H15F4N3O. The summed E-state index contributed by atoms with van der Waals surface area (Å²) in [6.07, 6.45) is -2.08. The molecule has 5 rings (SSSR count). The number of aromatic nitrogens is 3. The van der Waals surface area contributed by atoms with Gasteiger partial charge in [-0.2, -0.15) is 18.3 Å². The highest BCUT2D eigenvalue weighted by Gasteiger charge is 2.57. The molecule has 160 valence electrons. The van der Waals surface area contributed by atoms with Crippen molar-refractivity contribution in [3.05, 3.63) is 102 Å². The monoisotopic (exact) mass is 437 g/mol. The molecule has 1 N–H and O–H groups in total. The lowest BCUT2D eigenvalue weighted by molar-refractivity contribution is -0.247. The van der Waals surface area contributed by atoms with E-state index in [-0.39, 0.29) is 10.8 Å². The Balaban J connectivity index is 1.74. The van der Waals surface area contributed by atoms with Crippen molar-refractivity contribution >= 4 is 21.7 Å². The maximum Gasteiger partial charge on any atom is 0.425 e. The van der Waals surface area contributed by atoms with Crippen LogP contribution in [-0.4, -0.2) is 26.0 Å². The van der Waals surface area contributed by atoms with E-state index in [0.29, 0.717) is 16.7 Å². The zero-order chi connectivity index (χ0) is 22.5. The zero-order valence-corrected chi connectivity index (χ0v) is 16.4. The van der Waals surface area contributed by atoms with Gasteiger partial charge in [0.15, 0.2) is 5.82 Å². The SMILES string of the molecule is OC(c1ccc2c(cnn2-c2ccccn2)c1)(c1ccc(F)c2ccccc12)C(F)(F)F. The zero-order valence-electron chi connectivity index (χ0n) is 16.4. The van der Waals surface area contributed by atoms with Crippen LogP contribution in [0, 0.1) is 5.82 Å². The van der Waals surface area contributed by atoms with Gasteiger partial charge in [-0.05, 0) is 41.3 Å². The van der Waals surface area contributed by atoms with E-state index in [1.54, 1.807) is 24.4 Å². The summed E-state index contributed by atoms with van der Waals surface area (Å²) >= 11 is 0. The number of hydrogen-bond donors (Lipinski definition) is 1. The first-order chi connectivity index (χ1) is 15.3. The lowest BCUT2D eigenvalue weighted by Crippen LogP contribution is -2.43. The van der Waals surface area contributed by atoms with E-state index in [4.69, 9.17) is 0 Å². The predicted octanol–water partition coefficient (Wildman–Crippen LogP) is 5.51. The number of aliphatic hydroxyl groups is 1. The quantitative estimate of drug-likeness (QED) is 0.379. The van der Waals surface area contributed by atoms with E-state index < -0.39 is 28.7 Å². The fourth-order valence-electron chi connectivity index (χ4n) is 3.97. The largest absolute Gasteiger partial charge is 0.425 e. The Morgan fingerprint density at radius 3 is 2.31 bits per heavy atom. The summed E-state index contributed by atoms with van der Waals surface area (Å²) in [7, 11) is 0. The highest BCUT2D eigenvalue weighted by molar-refractivity contribution is 5.88. The van der Waals surface area contributed by atoms with Crippen LogP contribution in [-0.2, 0) is 5.60 Å². The minimum absolute atomic E-state index is 0.00303. The first-order valence-corrected chi connectivity index (χ1v) is 9.67. The first-order valence-electron chi connectivity index (χ1n) is 9.67. The Morgan fingerprint density at radius 1 is 0.844 bits per heavy atom. The minimum atomic E-state index is -5.07. The van der Waals surface area contributed by atoms with Crippen molar-refractivity contribution in [3.63, 3.8) is 0 Å². The summed E-state index contributed by atoms with van der Waals surface area (Å²) in [5, 5.41) is 15.8. The highest BCUT2D eigenvalue weighted by atomic mass is 19.4. The number of halogens is 4.